The summed E-state index contributed by atoms with van der Waals surface area (Å²) in [5.41, 5.74) is 0. The molecule has 1 aliphatic heterocycles. The highest BCUT2D eigenvalue weighted by Crippen LogP contribution is 2.51. The van der Waals surface area contributed by atoms with Crippen LogP contribution in [0.4, 0.5) is 0 Å². The van der Waals surface area contributed by atoms with Crippen LogP contribution in [-0.4, -0.2) is 39.1 Å². The second-order valence-electron chi connectivity index (χ2n) is 7.10. The monoisotopic (exact) mass is 370 g/mol. The molecule has 2 aromatic rings. The molecular weight excluding hydrogens is 344 g/mol. The molecule has 0 radical (unpaired) electrons. The van der Waals surface area contributed by atoms with Crippen molar-refractivity contribution < 1.29 is 0 Å². The first-order chi connectivity index (χ1) is 12.7. The number of fused-ring (bicyclic) bond motifs is 1. The van der Waals surface area contributed by atoms with Gasteiger partial charge in [0.1, 0.15) is 11.6 Å². The Morgan fingerprint density at radius 3 is 2.88 bits per heavy atom. The molecule has 1 saturated carbocycles. The van der Waals surface area contributed by atoms with Gasteiger partial charge in [0.15, 0.2) is 5.96 Å². The van der Waals surface area contributed by atoms with Crippen LogP contribution in [0.5, 0.6) is 0 Å². The summed E-state index contributed by atoms with van der Waals surface area (Å²) in [5, 5.41) is 11.6. The topological polar surface area (TPSA) is 67.1 Å². The van der Waals surface area contributed by atoms with Crippen molar-refractivity contribution in [3.8, 4) is 0 Å². The molecular formula is C19H26N6S. The predicted molar refractivity (Wildman–Crippen MR) is 105 cm³/mol. The molecule has 138 valence electrons. The molecule has 1 aliphatic carbocycles. The fraction of sp³-hybridized carbons (Fsp3) is 0.526. The highest BCUT2D eigenvalue weighted by atomic mass is 32.2. The van der Waals surface area contributed by atoms with Gasteiger partial charge in [-0.3, -0.25) is 4.99 Å². The number of nitrogens with zero attached hydrogens (tertiary/aromatic N) is 4. The molecule has 1 aromatic heterocycles. The second kappa shape index (κ2) is 7.31. The van der Waals surface area contributed by atoms with Gasteiger partial charge in [-0.05, 0) is 44.7 Å². The maximum Gasteiger partial charge on any atom is 0.191 e. The zero-order valence-corrected chi connectivity index (χ0v) is 16.2. The Kier molecular flexibility index (Phi) is 4.89. The van der Waals surface area contributed by atoms with E-state index in [0.29, 0.717) is 4.75 Å². The summed E-state index contributed by atoms with van der Waals surface area (Å²) in [6.45, 7) is 3.83. The molecule has 1 atom stereocenters. The minimum atomic E-state index is 0.174. The van der Waals surface area contributed by atoms with E-state index in [4.69, 9.17) is 0 Å². The lowest BCUT2D eigenvalue weighted by atomic mass is 10.1. The highest BCUT2D eigenvalue weighted by Gasteiger charge is 2.43. The highest BCUT2D eigenvalue weighted by molar-refractivity contribution is 8.01. The molecule has 0 amide bonds. The first kappa shape index (κ1) is 17.4. The first-order valence-corrected chi connectivity index (χ1v) is 10.1. The van der Waals surface area contributed by atoms with E-state index < -0.39 is 0 Å². The number of rotatable bonds is 5. The summed E-state index contributed by atoms with van der Waals surface area (Å²) < 4.78 is 2.32. The predicted octanol–water partition coefficient (Wildman–Crippen LogP) is 2.91. The van der Waals surface area contributed by atoms with E-state index in [-0.39, 0.29) is 6.04 Å². The molecule has 0 saturated heterocycles. The van der Waals surface area contributed by atoms with Gasteiger partial charge in [0.05, 0.1) is 6.04 Å². The fourth-order valence-electron chi connectivity index (χ4n) is 3.40. The molecule has 6 nitrogen and oxygen atoms in total. The molecule has 26 heavy (non-hydrogen) atoms. The molecule has 2 aliphatic rings. The Labute approximate surface area is 158 Å². The van der Waals surface area contributed by atoms with Crippen molar-refractivity contribution in [2.75, 3.05) is 13.6 Å². The average Bonchev–Trinajstić information content (AvgIpc) is 3.30. The minimum absolute atomic E-state index is 0.174. The lowest BCUT2D eigenvalue weighted by Gasteiger charge is -2.26. The summed E-state index contributed by atoms with van der Waals surface area (Å²) >= 11 is 1.98. The van der Waals surface area contributed by atoms with Gasteiger partial charge in [-0.15, -0.1) is 11.8 Å². The van der Waals surface area contributed by atoms with Crippen molar-refractivity contribution in [1.29, 1.82) is 0 Å². The summed E-state index contributed by atoms with van der Waals surface area (Å²) in [4.78, 5) is 10.4. The van der Waals surface area contributed by atoms with Crippen LogP contribution in [0.2, 0.25) is 0 Å². The van der Waals surface area contributed by atoms with Gasteiger partial charge in [0.2, 0.25) is 0 Å². The van der Waals surface area contributed by atoms with Gasteiger partial charge in [0, 0.05) is 29.8 Å². The smallest absolute Gasteiger partial charge is 0.191 e. The summed E-state index contributed by atoms with van der Waals surface area (Å²) in [5.74, 6) is 2.72. The quantitative estimate of drug-likeness (QED) is 0.626. The van der Waals surface area contributed by atoms with Crippen molar-refractivity contribution in [3.05, 3.63) is 42.0 Å². The lowest BCUT2D eigenvalue weighted by molar-refractivity contribution is 0.397. The largest absolute Gasteiger partial charge is 0.355 e. The molecule has 1 aromatic carbocycles. The number of hydrogen-bond donors (Lipinski definition) is 2. The van der Waals surface area contributed by atoms with Gasteiger partial charge >= 0.3 is 0 Å². The van der Waals surface area contributed by atoms with Gasteiger partial charge in [-0.2, -0.15) is 5.10 Å². The van der Waals surface area contributed by atoms with Gasteiger partial charge in [0.25, 0.3) is 0 Å². The molecule has 7 heteroatoms. The van der Waals surface area contributed by atoms with Gasteiger partial charge < -0.3 is 10.6 Å². The van der Waals surface area contributed by atoms with E-state index in [1.165, 1.54) is 17.7 Å². The number of benzene rings is 1. The Morgan fingerprint density at radius 1 is 1.35 bits per heavy atom. The van der Waals surface area contributed by atoms with Crippen LogP contribution >= 0.6 is 11.8 Å². The van der Waals surface area contributed by atoms with E-state index in [9.17, 15) is 0 Å². The van der Waals surface area contributed by atoms with Crippen LogP contribution in [0.1, 0.15) is 43.4 Å². The number of guanidine groups is 1. The summed E-state index contributed by atoms with van der Waals surface area (Å²) in [6, 6.07) is 10.8. The Morgan fingerprint density at radius 2 is 2.15 bits per heavy atom. The number of aryl methyl sites for hydroxylation is 2. The average molecular weight is 371 g/mol. The van der Waals surface area contributed by atoms with Crippen molar-refractivity contribution in [3.63, 3.8) is 0 Å². The molecule has 2 heterocycles. The Hall–Kier alpha value is -2.02. The Balaban J connectivity index is 1.36. The number of thioether (sulfide) groups is 1. The second-order valence-corrected chi connectivity index (χ2v) is 8.64. The first-order valence-electron chi connectivity index (χ1n) is 9.30. The summed E-state index contributed by atoms with van der Waals surface area (Å²) in [7, 11) is 1.83. The third kappa shape index (κ3) is 3.87. The standard InChI is InChI=1S/C19H26N6S/c1-14-22-17-16(9-6-12-25(17)24-14)23-18(20-2)21-13-19(10-11-19)26-15-7-4-3-5-8-15/h3-5,7-8,16H,6,9-13H2,1-2H3,(H2,20,21,23). The third-order valence-electron chi connectivity index (χ3n) is 4.98. The van der Waals surface area contributed by atoms with E-state index >= 15 is 0 Å². The van der Waals surface area contributed by atoms with Crippen LogP contribution in [0.15, 0.2) is 40.2 Å². The molecule has 0 spiro atoms. The van der Waals surface area contributed by atoms with E-state index in [1.807, 2.05) is 30.4 Å². The summed E-state index contributed by atoms with van der Waals surface area (Å²) in [6.07, 6.45) is 4.65. The SMILES string of the molecule is CN=C(NCC1(Sc2ccccc2)CC1)NC1CCCn2nc(C)nc21. The third-order valence-corrected chi connectivity index (χ3v) is 6.47. The molecule has 0 bridgehead atoms. The van der Waals surface area contributed by atoms with Crippen LogP contribution in [0, 0.1) is 6.92 Å². The normalized spacial score (nSPS) is 21.2. The van der Waals surface area contributed by atoms with Crippen LogP contribution in [-0.2, 0) is 6.54 Å². The molecule has 1 unspecified atom stereocenters. The fourth-order valence-corrected chi connectivity index (χ4v) is 4.65. The van der Waals surface area contributed by atoms with Gasteiger partial charge in [-0.1, -0.05) is 18.2 Å². The molecule has 2 N–H and O–H groups in total. The zero-order valence-electron chi connectivity index (χ0n) is 15.4. The van der Waals surface area contributed by atoms with Crippen LogP contribution in [0.25, 0.3) is 0 Å². The number of aliphatic imine (C=N–C) groups is 1. The van der Waals surface area contributed by atoms with E-state index in [2.05, 4.69) is 56.0 Å². The number of hydrogen-bond acceptors (Lipinski definition) is 4. The van der Waals surface area contributed by atoms with Crippen molar-refractivity contribution in [2.24, 2.45) is 4.99 Å². The molecule has 1 fully saturated rings. The maximum absolute atomic E-state index is 4.60. The molecule has 4 rings (SSSR count). The maximum atomic E-state index is 4.60. The number of aromatic nitrogens is 3. The lowest BCUT2D eigenvalue weighted by Crippen LogP contribution is -2.44. The van der Waals surface area contributed by atoms with E-state index in [1.54, 1.807) is 0 Å². The van der Waals surface area contributed by atoms with E-state index in [0.717, 1.165) is 43.5 Å². The van der Waals surface area contributed by atoms with Crippen molar-refractivity contribution >= 4 is 17.7 Å². The number of nitrogens with one attached hydrogen (secondary N) is 2. The van der Waals surface area contributed by atoms with Crippen LogP contribution < -0.4 is 10.6 Å². The van der Waals surface area contributed by atoms with Crippen molar-refractivity contribution in [1.82, 2.24) is 25.4 Å². The van der Waals surface area contributed by atoms with Gasteiger partial charge in [-0.25, -0.2) is 9.67 Å². The zero-order chi connectivity index (χ0) is 18.0. The van der Waals surface area contributed by atoms with Crippen LogP contribution in [0.3, 0.4) is 0 Å². The Bertz CT molecular complexity index is 781. The minimum Gasteiger partial charge on any atom is -0.355 e. The van der Waals surface area contributed by atoms with Crippen molar-refractivity contribution in [2.45, 2.75) is 54.8 Å².